The molecule has 0 bridgehead atoms. The highest BCUT2D eigenvalue weighted by Crippen LogP contribution is 2.33. The lowest BCUT2D eigenvalue weighted by molar-refractivity contribution is -0.139. The van der Waals surface area contributed by atoms with E-state index in [2.05, 4.69) is 5.32 Å². The van der Waals surface area contributed by atoms with Crippen molar-refractivity contribution in [3.63, 3.8) is 0 Å². The molecule has 0 aliphatic heterocycles. The number of anilines is 1. The molecule has 13 heteroatoms. The van der Waals surface area contributed by atoms with E-state index in [1.54, 1.807) is 18.2 Å². The highest BCUT2D eigenvalue weighted by molar-refractivity contribution is 7.92. The zero-order valence-corrected chi connectivity index (χ0v) is 24.5. The number of alkyl halides is 3. The van der Waals surface area contributed by atoms with Gasteiger partial charge in [0.2, 0.25) is 11.8 Å². The van der Waals surface area contributed by atoms with Gasteiger partial charge in [-0.2, -0.15) is 13.2 Å². The van der Waals surface area contributed by atoms with Crippen LogP contribution in [0.2, 0.25) is 10.0 Å². The van der Waals surface area contributed by atoms with Gasteiger partial charge in [-0.25, -0.2) is 8.42 Å². The van der Waals surface area contributed by atoms with Crippen LogP contribution in [0.4, 0.5) is 18.9 Å². The Balaban J connectivity index is 2.09. The summed E-state index contributed by atoms with van der Waals surface area (Å²) in [7, 11) is -4.52. The molecule has 0 unspecified atom stereocenters. The summed E-state index contributed by atoms with van der Waals surface area (Å²) in [5, 5.41) is 3.25. The first-order valence-electron chi connectivity index (χ1n) is 12.5. The van der Waals surface area contributed by atoms with Gasteiger partial charge in [0.25, 0.3) is 10.0 Å². The van der Waals surface area contributed by atoms with Gasteiger partial charge in [-0.15, -0.1) is 0 Å². The monoisotopic (exact) mass is 629 g/mol. The number of rotatable bonds is 11. The van der Waals surface area contributed by atoms with E-state index in [0.29, 0.717) is 33.9 Å². The number of benzene rings is 3. The van der Waals surface area contributed by atoms with Gasteiger partial charge in [0.15, 0.2) is 0 Å². The highest BCUT2D eigenvalue weighted by Gasteiger charge is 2.35. The Kier molecular flexibility index (Phi) is 10.7. The number of halogens is 5. The lowest BCUT2D eigenvalue weighted by atomic mass is 10.1. The maximum absolute atomic E-state index is 13.8. The fraction of sp³-hybridized carbons (Fsp3) is 0.286. The first-order valence-corrected chi connectivity index (χ1v) is 14.7. The average Bonchev–Trinajstić information content (AvgIpc) is 2.93. The molecule has 0 fully saturated rings. The Hall–Kier alpha value is -3.28. The largest absolute Gasteiger partial charge is 0.416 e. The lowest BCUT2D eigenvalue weighted by Crippen LogP contribution is -2.51. The molecule has 0 aliphatic rings. The molecule has 3 aromatic rings. The summed E-state index contributed by atoms with van der Waals surface area (Å²) < 4.78 is 68.6. The van der Waals surface area contributed by atoms with E-state index in [9.17, 15) is 31.2 Å². The zero-order valence-electron chi connectivity index (χ0n) is 22.2. The minimum absolute atomic E-state index is 0.197. The average molecular weight is 631 g/mol. The maximum Gasteiger partial charge on any atom is 0.416 e. The highest BCUT2D eigenvalue weighted by atomic mass is 35.5. The van der Waals surface area contributed by atoms with Gasteiger partial charge in [0, 0.05) is 23.1 Å². The summed E-state index contributed by atoms with van der Waals surface area (Å²) in [6.07, 6.45) is -4.13. The number of carbonyl (C=O) groups is 2. The Bertz CT molecular complexity index is 1490. The molecule has 7 nitrogen and oxygen atoms in total. The van der Waals surface area contributed by atoms with Crippen molar-refractivity contribution in [3.05, 3.63) is 94.0 Å². The molecule has 0 radical (unpaired) electrons. The van der Waals surface area contributed by atoms with Gasteiger partial charge >= 0.3 is 6.18 Å². The Morgan fingerprint density at radius 3 is 2.27 bits per heavy atom. The number of carbonyl (C=O) groups excluding carboxylic acids is 2. The minimum atomic E-state index is -4.76. The molecule has 0 saturated heterocycles. The van der Waals surface area contributed by atoms with Crippen molar-refractivity contribution < 1.29 is 31.2 Å². The predicted octanol–water partition coefficient (Wildman–Crippen LogP) is 6.15. The van der Waals surface area contributed by atoms with Crippen molar-refractivity contribution in [2.45, 2.75) is 43.9 Å². The molecule has 0 aromatic heterocycles. The van der Waals surface area contributed by atoms with E-state index in [-0.39, 0.29) is 22.2 Å². The quantitative estimate of drug-likeness (QED) is 0.276. The van der Waals surface area contributed by atoms with Crippen LogP contribution in [0.3, 0.4) is 0 Å². The summed E-state index contributed by atoms with van der Waals surface area (Å²) in [6, 6.07) is 14.2. The number of nitrogens with zero attached hydrogens (tertiary/aromatic N) is 2. The van der Waals surface area contributed by atoms with Crippen LogP contribution in [-0.4, -0.2) is 44.3 Å². The zero-order chi connectivity index (χ0) is 30.4. The second-order valence-corrected chi connectivity index (χ2v) is 11.8. The fourth-order valence-electron chi connectivity index (χ4n) is 3.90. The smallest absolute Gasteiger partial charge is 0.354 e. The molecule has 220 valence electrons. The van der Waals surface area contributed by atoms with Crippen LogP contribution in [0, 0.1) is 0 Å². The summed E-state index contributed by atoms with van der Waals surface area (Å²) in [4.78, 5) is 27.6. The number of amides is 2. The van der Waals surface area contributed by atoms with Gasteiger partial charge < -0.3 is 10.2 Å². The van der Waals surface area contributed by atoms with E-state index < -0.39 is 46.2 Å². The number of hydrogen-bond donors (Lipinski definition) is 1. The molecule has 3 rings (SSSR count). The van der Waals surface area contributed by atoms with Gasteiger partial charge in [-0.3, -0.25) is 13.9 Å². The number of nitrogens with one attached hydrogen (secondary N) is 1. The van der Waals surface area contributed by atoms with Gasteiger partial charge in [0.05, 0.1) is 16.1 Å². The van der Waals surface area contributed by atoms with Crippen molar-refractivity contribution in [1.29, 1.82) is 0 Å². The van der Waals surface area contributed by atoms with Crippen LogP contribution < -0.4 is 9.62 Å². The first-order chi connectivity index (χ1) is 19.3. The predicted molar refractivity (Wildman–Crippen MR) is 152 cm³/mol. The van der Waals surface area contributed by atoms with Crippen LogP contribution in [0.5, 0.6) is 0 Å². The second kappa shape index (κ2) is 13.6. The molecule has 0 saturated carbocycles. The van der Waals surface area contributed by atoms with Gasteiger partial charge in [-0.1, -0.05) is 60.5 Å². The van der Waals surface area contributed by atoms with Crippen molar-refractivity contribution in [2.24, 2.45) is 0 Å². The van der Waals surface area contributed by atoms with E-state index >= 15 is 0 Å². The van der Waals surface area contributed by atoms with Crippen LogP contribution in [-0.2, 0) is 32.3 Å². The molecule has 0 spiro atoms. The van der Waals surface area contributed by atoms with E-state index in [1.807, 2.05) is 6.92 Å². The molecule has 2 amide bonds. The summed E-state index contributed by atoms with van der Waals surface area (Å²) >= 11 is 12.3. The van der Waals surface area contributed by atoms with Crippen molar-refractivity contribution in [1.82, 2.24) is 10.2 Å². The molecule has 41 heavy (non-hydrogen) atoms. The van der Waals surface area contributed by atoms with Crippen molar-refractivity contribution >= 4 is 50.7 Å². The first kappa shape index (κ1) is 32.2. The fourth-order valence-corrected chi connectivity index (χ4v) is 5.79. The molecule has 1 atom stereocenters. The van der Waals surface area contributed by atoms with E-state index in [0.717, 1.165) is 17.0 Å². The third kappa shape index (κ3) is 8.15. The Labute approximate surface area is 246 Å². The van der Waals surface area contributed by atoms with Gasteiger partial charge in [-0.05, 0) is 61.4 Å². The molecule has 0 aliphatic carbocycles. The van der Waals surface area contributed by atoms with Crippen LogP contribution in [0.25, 0.3) is 0 Å². The summed E-state index contributed by atoms with van der Waals surface area (Å²) in [5.41, 5.74) is -1.03. The molecule has 0 heterocycles. The third-order valence-corrected chi connectivity index (χ3v) is 8.52. The maximum atomic E-state index is 13.8. The lowest BCUT2D eigenvalue weighted by Gasteiger charge is -2.32. The van der Waals surface area contributed by atoms with Crippen LogP contribution in [0.15, 0.2) is 77.7 Å². The van der Waals surface area contributed by atoms with E-state index in [4.69, 9.17) is 23.2 Å². The van der Waals surface area contributed by atoms with Crippen molar-refractivity contribution in [3.8, 4) is 0 Å². The molecule has 1 N–H and O–H groups in total. The van der Waals surface area contributed by atoms with Crippen molar-refractivity contribution in [2.75, 3.05) is 17.4 Å². The topological polar surface area (TPSA) is 86.8 Å². The standard InChI is InChI=1S/C28H28Cl2F3N3O4S/c1-3-14-34-27(38)19(2)35(17-20-12-13-22(29)16-25(20)30)26(37)18-36(41(39,40)24-10-5-4-6-11-24)23-9-7-8-21(15-23)28(31,32)33/h4-13,15-16,19H,3,14,17-18H2,1-2H3,(H,34,38)/t19-/m0/s1. The summed E-state index contributed by atoms with van der Waals surface area (Å²) in [5.74, 6) is -1.34. The molecular weight excluding hydrogens is 602 g/mol. The summed E-state index contributed by atoms with van der Waals surface area (Å²) in [6.45, 7) is 2.56. The minimum Gasteiger partial charge on any atom is -0.354 e. The number of hydrogen-bond acceptors (Lipinski definition) is 4. The normalized spacial score (nSPS) is 12.5. The van der Waals surface area contributed by atoms with Gasteiger partial charge in [0.1, 0.15) is 12.6 Å². The number of sulfonamides is 1. The van der Waals surface area contributed by atoms with Crippen LogP contribution >= 0.6 is 23.2 Å². The molecule has 3 aromatic carbocycles. The SMILES string of the molecule is CCCNC(=O)[C@H](C)N(Cc1ccc(Cl)cc1Cl)C(=O)CN(c1cccc(C(F)(F)F)c1)S(=O)(=O)c1ccccc1. The Morgan fingerprint density at radius 2 is 1.66 bits per heavy atom. The second-order valence-electron chi connectivity index (χ2n) is 9.10. The van der Waals surface area contributed by atoms with E-state index in [1.165, 1.54) is 43.3 Å². The van der Waals surface area contributed by atoms with Crippen LogP contribution in [0.1, 0.15) is 31.4 Å². The third-order valence-electron chi connectivity index (χ3n) is 6.14. The Morgan fingerprint density at radius 1 is 0.976 bits per heavy atom. The molecular formula is C28H28Cl2F3N3O4S.